The highest BCUT2D eigenvalue weighted by molar-refractivity contribution is 14.1. The van der Waals surface area contributed by atoms with Gasteiger partial charge in [0.25, 0.3) is 0 Å². The van der Waals surface area contributed by atoms with Crippen molar-refractivity contribution >= 4 is 34.3 Å². The van der Waals surface area contributed by atoms with Gasteiger partial charge in [-0.05, 0) is 29.5 Å². The number of nitrogens with one attached hydrogen (secondary N) is 1. The number of nitrogens with zero attached hydrogens (tertiary/aromatic N) is 2. The maximum atomic E-state index is 4.26. The van der Waals surface area contributed by atoms with Gasteiger partial charge in [0.05, 0.1) is 0 Å². The summed E-state index contributed by atoms with van der Waals surface area (Å²) in [5, 5.41) is 3.09. The van der Waals surface area contributed by atoms with Crippen molar-refractivity contribution in [2.45, 2.75) is 24.4 Å². The lowest BCUT2D eigenvalue weighted by atomic mass is 10.4. The molecule has 1 atom stereocenters. The molecule has 0 amide bonds. The summed E-state index contributed by atoms with van der Waals surface area (Å²) in [7, 11) is 0. The third-order valence-electron chi connectivity index (χ3n) is 1.20. The highest BCUT2D eigenvalue weighted by Crippen LogP contribution is 2.05. The minimum absolute atomic E-state index is 0.171. The summed E-state index contributed by atoms with van der Waals surface area (Å²) < 4.78 is 0.171. The number of amidine groups is 2. The lowest BCUT2D eigenvalue weighted by Gasteiger charge is -2.14. The number of aliphatic imine (C=N–C) groups is 2. The van der Waals surface area contributed by atoms with Gasteiger partial charge in [-0.1, -0.05) is 6.92 Å². The van der Waals surface area contributed by atoms with Crippen LogP contribution < -0.4 is 5.32 Å². The van der Waals surface area contributed by atoms with E-state index in [4.69, 9.17) is 0 Å². The second-order valence-electron chi connectivity index (χ2n) is 2.08. The molecule has 1 aliphatic heterocycles. The molecule has 1 N–H and O–H groups in total. The first-order valence-corrected chi connectivity index (χ1v) is 4.49. The Morgan fingerprint density at radius 1 is 1.70 bits per heavy atom. The summed E-state index contributed by atoms with van der Waals surface area (Å²) in [5.74, 6) is 1.90. The molecule has 0 aromatic carbocycles. The van der Waals surface area contributed by atoms with Gasteiger partial charge in [-0.2, -0.15) is 0 Å². The third kappa shape index (κ3) is 1.93. The first kappa shape index (κ1) is 7.97. The average molecular weight is 251 g/mol. The van der Waals surface area contributed by atoms with E-state index in [0.717, 1.165) is 18.1 Å². The van der Waals surface area contributed by atoms with Gasteiger partial charge in [0.2, 0.25) is 0 Å². The Bertz CT molecular complexity index is 185. The lowest BCUT2D eigenvalue weighted by molar-refractivity contribution is 0.860. The van der Waals surface area contributed by atoms with E-state index in [2.05, 4.69) is 44.8 Å². The Hall–Kier alpha value is -0.130. The monoisotopic (exact) mass is 251 g/mol. The first-order valence-electron chi connectivity index (χ1n) is 3.25. The molecule has 3 nitrogen and oxygen atoms in total. The summed E-state index contributed by atoms with van der Waals surface area (Å²) in [6, 6.07) is 0. The van der Waals surface area contributed by atoms with Gasteiger partial charge >= 0.3 is 0 Å². The largest absolute Gasteiger partial charge is 0.344 e. The molecule has 1 heterocycles. The van der Waals surface area contributed by atoms with Crippen LogP contribution in [0.5, 0.6) is 0 Å². The van der Waals surface area contributed by atoms with Crippen LogP contribution in [0.25, 0.3) is 0 Å². The van der Waals surface area contributed by atoms with E-state index in [1.165, 1.54) is 0 Å². The number of hydrogen-bond donors (Lipinski definition) is 1. The minimum atomic E-state index is 0.171. The predicted octanol–water partition coefficient (Wildman–Crippen LogP) is 1.54. The number of alkyl halides is 1. The van der Waals surface area contributed by atoms with Gasteiger partial charge in [-0.15, -0.1) is 0 Å². The number of halogens is 1. The first-order chi connectivity index (χ1) is 4.72. The van der Waals surface area contributed by atoms with Gasteiger partial charge in [0.15, 0.2) is 4.17 Å². The van der Waals surface area contributed by atoms with E-state index in [9.17, 15) is 0 Å². The number of hydrogen-bond acceptors (Lipinski definition) is 3. The Kier molecular flexibility index (Phi) is 2.64. The zero-order valence-corrected chi connectivity index (χ0v) is 8.21. The molecule has 0 radical (unpaired) electrons. The molecule has 10 heavy (non-hydrogen) atoms. The highest BCUT2D eigenvalue weighted by atomic mass is 127. The van der Waals surface area contributed by atoms with Gasteiger partial charge in [-0.25, -0.2) is 9.98 Å². The van der Waals surface area contributed by atoms with Crippen LogP contribution in [-0.4, -0.2) is 15.8 Å². The molecular weight excluding hydrogens is 241 g/mol. The predicted molar refractivity (Wildman–Crippen MR) is 51.8 cm³/mol. The quantitative estimate of drug-likeness (QED) is 0.428. The molecule has 1 aliphatic rings. The van der Waals surface area contributed by atoms with Crippen molar-refractivity contribution in [2.75, 3.05) is 0 Å². The summed E-state index contributed by atoms with van der Waals surface area (Å²) in [6.07, 6.45) is 0.915. The molecule has 0 fully saturated rings. The normalized spacial score (nSPS) is 24.9. The fraction of sp³-hybridized carbons (Fsp3) is 0.667. The average Bonchev–Trinajstić information content (AvgIpc) is 1.85. The second kappa shape index (κ2) is 3.32. The van der Waals surface area contributed by atoms with Crippen molar-refractivity contribution < 1.29 is 0 Å². The molecule has 1 rings (SSSR count). The van der Waals surface area contributed by atoms with Crippen molar-refractivity contribution in [1.29, 1.82) is 0 Å². The minimum Gasteiger partial charge on any atom is -0.344 e. The Balaban J connectivity index is 2.72. The molecule has 0 spiro atoms. The standard InChI is InChI=1S/C6H10IN3/c1-3-5-8-4(2)9-6(7)10-5/h6H,3H2,1-2H3,(H,8,9,10). The van der Waals surface area contributed by atoms with Crippen LogP contribution in [0.15, 0.2) is 9.98 Å². The van der Waals surface area contributed by atoms with Crippen LogP contribution in [0.1, 0.15) is 20.3 Å². The number of rotatable bonds is 1. The maximum Gasteiger partial charge on any atom is 0.173 e. The topological polar surface area (TPSA) is 36.8 Å². The molecular formula is C6H10IN3. The Morgan fingerprint density at radius 3 is 2.90 bits per heavy atom. The van der Waals surface area contributed by atoms with Crippen molar-refractivity contribution in [3.63, 3.8) is 0 Å². The summed E-state index contributed by atoms with van der Waals surface area (Å²) in [5.41, 5.74) is 0. The van der Waals surface area contributed by atoms with Crippen LogP contribution in [-0.2, 0) is 0 Å². The summed E-state index contributed by atoms with van der Waals surface area (Å²) in [4.78, 5) is 8.46. The summed E-state index contributed by atoms with van der Waals surface area (Å²) in [6.45, 7) is 4.01. The van der Waals surface area contributed by atoms with Crippen LogP contribution >= 0.6 is 22.6 Å². The Labute approximate surface area is 74.2 Å². The van der Waals surface area contributed by atoms with E-state index in [1.54, 1.807) is 0 Å². The van der Waals surface area contributed by atoms with Crippen LogP contribution in [0.2, 0.25) is 0 Å². The zero-order chi connectivity index (χ0) is 7.56. The molecule has 4 heteroatoms. The van der Waals surface area contributed by atoms with E-state index in [-0.39, 0.29) is 4.17 Å². The van der Waals surface area contributed by atoms with Crippen molar-refractivity contribution in [2.24, 2.45) is 9.98 Å². The molecule has 0 bridgehead atoms. The van der Waals surface area contributed by atoms with E-state index < -0.39 is 0 Å². The van der Waals surface area contributed by atoms with E-state index >= 15 is 0 Å². The van der Waals surface area contributed by atoms with Gasteiger partial charge in [-0.3, -0.25) is 0 Å². The molecule has 0 aliphatic carbocycles. The van der Waals surface area contributed by atoms with Crippen LogP contribution in [0.3, 0.4) is 0 Å². The Morgan fingerprint density at radius 2 is 2.40 bits per heavy atom. The van der Waals surface area contributed by atoms with Crippen molar-refractivity contribution in [1.82, 2.24) is 5.32 Å². The smallest absolute Gasteiger partial charge is 0.173 e. The fourth-order valence-electron chi connectivity index (χ4n) is 0.761. The molecule has 0 aromatic rings. The maximum absolute atomic E-state index is 4.26. The summed E-state index contributed by atoms with van der Waals surface area (Å²) >= 11 is 2.23. The highest BCUT2D eigenvalue weighted by Gasteiger charge is 2.08. The van der Waals surface area contributed by atoms with E-state index in [1.807, 2.05) is 6.92 Å². The van der Waals surface area contributed by atoms with Gasteiger partial charge < -0.3 is 5.32 Å². The molecule has 1 unspecified atom stereocenters. The van der Waals surface area contributed by atoms with Crippen LogP contribution in [0.4, 0.5) is 0 Å². The SMILES string of the molecule is CCC1=NC(I)NC(C)=N1. The second-order valence-corrected chi connectivity index (χ2v) is 3.26. The van der Waals surface area contributed by atoms with E-state index in [0.29, 0.717) is 0 Å². The fourth-order valence-corrected chi connectivity index (χ4v) is 1.53. The third-order valence-corrected chi connectivity index (χ3v) is 1.79. The van der Waals surface area contributed by atoms with Crippen molar-refractivity contribution in [3.8, 4) is 0 Å². The van der Waals surface area contributed by atoms with Crippen LogP contribution in [0, 0.1) is 0 Å². The molecule has 0 saturated heterocycles. The lowest BCUT2D eigenvalue weighted by Crippen LogP contribution is -2.31. The van der Waals surface area contributed by atoms with Gasteiger partial charge in [0, 0.05) is 6.42 Å². The molecule has 56 valence electrons. The molecule has 0 aromatic heterocycles. The zero-order valence-electron chi connectivity index (χ0n) is 6.06. The van der Waals surface area contributed by atoms with Gasteiger partial charge in [0.1, 0.15) is 11.7 Å². The molecule has 0 saturated carbocycles. The van der Waals surface area contributed by atoms with Crippen molar-refractivity contribution in [3.05, 3.63) is 0 Å².